The molecule has 2 unspecified atom stereocenters. The molecule has 1 aliphatic carbocycles. The van der Waals surface area contributed by atoms with E-state index in [-0.39, 0.29) is 37.4 Å². The Morgan fingerprint density at radius 2 is 1.81 bits per heavy atom. The molecule has 0 spiro atoms. The van der Waals surface area contributed by atoms with Crippen LogP contribution in [0.3, 0.4) is 0 Å². The van der Waals surface area contributed by atoms with Gasteiger partial charge in [0.15, 0.2) is 0 Å². The second-order valence-electron chi connectivity index (χ2n) is 9.73. The summed E-state index contributed by atoms with van der Waals surface area (Å²) >= 11 is 0. The van der Waals surface area contributed by atoms with E-state index >= 15 is 0 Å². The van der Waals surface area contributed by atoms with Crippen molar-refractivity contribution in [2.75, 3.05) is 13.2 Å². The fourth-order valence-corrected chi connectivity index (χ4v) is 4.62. The molecule has 1 aromatic rings. The number of amides is 2. The van der Waals surface area contributed by atoms with E-state index in [0.29, 0.717) is 19.3 Å². The van der Waals surface area contributed by atoms with Crippen LogP contribution in [0.25, 0.3) is 0 Å². The number of ether oxygens (including phenoxy) is 1. The lowest BCUT2D eigenvalue weighted by atomic mass is 9.94. The lowest BCUT2D eigenvalue weighted by Crippen LogP contribution is -2.52. The van der Waals surface area contributed by atoms with Crippen molar-refractivity contribution in [3.05, 3.63) is 61.2 Å². The van der Waals surface area contributed by atoms with Crippen molar-refractivity contribution in [1.82, 2.24) is 10.6 Å². The summed E-state index contributed by atoms with van der Waals surface area (Å²) in [6, 6.07) is 9.19. The Balaban J connectivity index is 1.91. The van der Waals surface area contributed by atoms with Crippen LogP contribution in [-0.4, -0.2) is 47.7 Å². The van der Waals surface area contributed by atoms with Crippen molar-refractivity contribution in [2.45, 2.75) is 82.2 Å². The maximum atomic E-state index is 13.2. The average molecular weight is 499 g/mol. The minimum absolute atomic E-state index is 0.0116. The third-order valence-corrected chi connectivity index (χ3v) is 6.66. The zero-order valence-electron chi connectivity index (χ0n) is 21.4. The van der Waals surface area contributed by atoms with Crippen LogP contribution >= 0.6 is 0 Å². The first kappa shape index (κ1) is 29.3. The third-order valence-electron chi connectivity index (χ3n) is 6.66. The smallest absolute Gasteiger partial charge is 0.305 e. The van der Waals surface area contributed by atoms with Gasteiger partial charge in [-0.15, -0.1) is 13.2 Å². The van der Waals surface area contributed by atoms with Crippen molar-refractivity contribution < 1.29 is 24.2 Å². The molecule has 2 rings (SSSR count). The van der Waals surface area contributed by atoms with Gasteiger partial charge >= 0.3 is 5.97 Å². The van der Waals surface area contributed by atoms with Gasteiger partial charge in [-0.1, -0.05) is 55.3 Å². The van der Waals surface area contributed by atoms with Gasteiger partial charge in [0.05, 0.1) is 24.1 Å². The quantitative estimate of drug-likeness (QED) is 0.171. The lowest BCUT2D eigenvalue weighted by Gasteiger charge is -2.31. The van der Waals surface area contributed by atoms with E-state index in [4.69, 9.17) is 4.74 Å². The minimum atomic E-state index is -0.593. The predicted molar refractivity (Wildman–Crippen MR) is 141 cm³/mol. The number of hydrogen-bond donors (Lipinski definition) is 3. The van der Waals surface area contributed by atoms with Crippen LogP contribution in [0.5, 0.6) is 0 Å². The number of allylic oxidation sites excluding steroid dienone is 2. The van der Waals surface area contributed by atoms with Crippen molar-refractivity contribution in [2.24, 2.45) is 5.92 Å². The van der Waals surface area contributed by atoms with Crippen LogP contribution in [0.4, 0.5) is 0 Å². The van der Waals surface area contributed by atoms with Crippen LogP contribution in [0.15, 0.2) is 55.6 Å². The molecule has 0 aliphatic heterocycles. The Morgan fingerprint density at radius 1 is 1.08 bits per heavy atom. The number of nitrogens with one attached hydrogen (secondary N) is 2. The first-order valence-corrected chi connectivity index (χ1v) is 13.0. The van der Waals surface area contributed by atoms with Crippen molar-refractivity contribution >= 4 is 17.8 Å². The Labute approximate surface area is 215 Å². The van der Waals surface area contributed by atoms with E-state index in [2.05, 4.69) is 23.8 Å². The number of carbonyl (C=O) groups is 3. The zero-order valence-corrected chi connectivity index (χ0v) is 21.4. The molecule has 0 aromatic heterocycles. The Morgan fingerprint density at radius 3 is 2.44 bits per heavy atom. The Kier molecular flexibility index (Phi) is 13.0. The molecule has 36 heavy (non-hydrogen) atoms. The van der Waals surface area contributed by atoms with Crippen LogP contribution in [-0.2, 0) is 25.5 Å². The van der Waals surface area contributed by atoms with Gasteiger partial charge in [0.25, 0.3) is 0 Å². The molecule has 7 nitrogen and oxygen atoms in total. The molecule has 1 aliphatic rings. The fraction of sp³-hybridized carbons (Fsp3) is 0.552. The largest absolute Gasteiger partial charge is 0.463 e. The van der Waals surface area contributed by atoms with E-state index < -0.39 is 17.5 Å². The van der Waals surface area contributed by atoms with Gasteiger partial charge in [-0.25, -0.2) is 0 Å². The summed E-state index contributed by atoms with van der Waals surface area (Å²) in [5.41, 5.74) is 0.417. The number of esters is 1. The monoisotopic (exact) mass is 498 g/mol. The summed E-state index contributed by atoms with van der Waals surface area (Å²) in [4.78, 5) is 38.2. The number of unbranched alkanes of at least 4 members (excludes halogenated alkanes) is 2. The SMILES string of the molecule is C=CCCCCC(=O)OCC1(NC(=O)C(CC=C)CC(=O)NC(CO)Cc2ccccc2)CCCC1. The van der Waals surface area contributed by atoms with Crippen LogP contribution in [0.2, 0.25) is 0 Å². The summed E-state index contributed by atoms with van der Waals surface area (Å²) in [6.45, 7) is 7.39. The van der Waals surface area contributed by atoms with Crippen LogP contribution in [0, 0.1) is 5.92 Å². The van der Waals surface area contributed by atoms with Gasteiger partial charge in [-0.05, 0) is 50.5 Å². The molecule has 0 radical (unpaired) electrons. The van der Waals surface area contributed by atoms with Crippen molar-refractivity contribution in [1.29, 1.82) is 0 Å². The Bertz CT molecular complexity index is 848. The molecule has 0 heterocycles. The van der Waals surface area contributed by atoms with E-state index in [1.54, 1.807) is 6.08 Å². The third kappa shape index (κ3) is 10.4. The lowest BCUT2D eigenvalue weighted by molar-refractivity contribution is -0.147. The molecule has 7 heteroatoms. The zero-order chi connectivity index (χ0) is 26.2. The average Bonchev–Trinajstić information content (AvgIpc) is 3.34. The van der Waals surface area contributed by atoms with Crippen molar-refractivity contribution in [3.8, 4) is 0 Å². The van der Waals surface area contributed by atoms with E-state index in [1.165, 1.54) is 0 Å². The molecule has 2 amide bonds. The van der Waals surface area contributed by atoms with E-state index in [0.717, 1.165) is 50.5 Å². The molecule has 1 saturated carbocycles. The second-order valence-corrected chi connectivity index (χ2v) is 9.73. The molecular weight excluding hydrogens is 456 g/mol. The van der Waals surface area contributed by atoms with Crippen molar-refractivity contribution in [3.63, 3.8) is 0 Å². The summed E-state index contributed by atoms with van der Waals surface area (Å²) in [7, 11) is 0. The molecule has 2 atom stereocenters. The highest BCUT2D eigenvalue weighted by atomic mass is 16.5. The highest BCUT2D eigenvalue weighted by molar-refractivity contribution is 5.86. The molecular formula is C29H42N2O5. The van der Waals surface area contributed by atoms with Crippen LogP contribution < -0.4 is 10.6 Å². The minimum Gasteiger partial charge on any atom is -0.463 e. The molecule has 1 fully saturated rings. The molecule has 0 bridgehead atoms. The van der Waals surface area contributed by atoms with Gasteiger partial charge in [0.1, 0.15) is 6.61 Å². The fourth-order valence-electron chi connectivity index (χ4n) is 4.62. The second kappa shape index (κ2) is 15.9. The maximum absolute atomic E-state index is 13.2. The summed E-state index contributed by atoms with van der Waals surface area (Å²) in [6.07, 6.45) is 10.5. The standard InChI is InChI=1S/C29H42N2O5/c1-3-5-6-10-16-27(34)36-22-29(17-11-12-18-29)31-28(35)24(13-4-2)20-26(33)30-25(21-32)19-23-14-8-7-9-15-23/h3-4,7-9,14-15,24-25,32H,1-2,5-6,10-13,16-22H2,(H,30,33)(H,31,35). The van der Waals surface area contributed by atoms with Gasteiger partial charge in [0.2, 0.25) is 11.8 Å². The summed E-state index contributed by atoms with van der Waals surface area (Å²) in [5, 5.41) is 15.7. The Hall–Kier alpha value is -2.93. The maximum Gasteiger partial charge on any atom is 0.305 e. The van der Waals surface area contributed by atoms with Crippen LogP contribution in [0.1, 0.15) is 69.8 Å². The summed E-state index contributed by atoms with van der Waals surface area (Å²) < 4.78 is 5.55. The predicted octanol–water partition coefficient (Wildman–Crippen LogP) is 4.01. The first-order chi connectivity index (χ1) is 17.4. The normalized spacial score (nSPS) is 15.9. The number of aliphatic hydroxyl groups is 1. The van der Waals surface area contributed by atoms with E-state index in [9.17, 15) is 19.5 Å². The molecule has 3 N–H and O–H groups in total. The number of rotatable bonds is 17. The molecule has 198 valence electrons. The highest BCUT2D eigenvalue weighted by Gasteiger charge is 2.38. The number of benzene rings is 1. The molecule has 1 aromatic carbocycles. The van der Waals surface area contributed by atoms with Gasteiger partial charge in [-0.3, -0.25) is 14.4 Å². The van der Waals surface area contributed by atoms with Gasteiger partial charge < -0.3 is 20.5 Å². The highest BCUT2D eigenvalue weighted by Crippen LogP contribution is 2.31. The molecule has 0 saturated heterocycles. The number of carbonyl (C=O) groups excluding carboxylic acids is 3. The topological polar surface area (TPSA) is 105 Å². The van der Waals surface area contributed by atoms with Gasteiger partial charge in [-0.2, -0.15) is 0 Å². The summed E-state index contributed by atoms with van der Waals surface area (Å²) in [5.74, 6) is -1.38. The first-order valence-electron chi connectivity index (χ1n) is 13.0. The van der Waals surface area contributed by atoms with Gasteiger partial charge in [0, 0.05) is 12.8 Å². The number of hydrogen-bond acceptors (Lipinski definition) is 5. The van der Waals surface area contributed by atoms with E-state index in [1.807, 2.05) is 36.4 Å². The number of aliphatic hydroxyl groups excluding tert-OH is 1.